The monoisotopic (exact) mass is 263 g/mol. The van der Waals surface area contributed by atoms with E-state index in [1.165, 1.54) is 0 Å². The maximum absolute atomic E-state index is 5.64. The molecule has 18 heavy (non-hydrogen) atoms. The first-order chi connectivity index (χ1) is 8.47. The van der Waals surface area contributed by atoms with E-state index in [9.17, 15) is 0 Å². The van der Waals surface area contributed by atoms with Crippen LogP contribution in [0.1, 0.15) is 47.5 Å². The Morgan fingerprint density at radius 1 is 1.11 bits per heavy atom. The summed E-state index contributed by atoms with van der Waals surface area (Å²) in [5.74, 6) is 0. The van der Waals surface area contributed by atoms with Gasteiger partial charge in [0.2, 0.25) is 6.29 Å². The summed E-state index contributed by atoms with van der Waals surface area (Å²) in [7, 11) is 0. The minimum Gasteiger partial charge on any atom is -0.372 e. The summed E-state index contributed by atoms with van der Waals surface area (Å²) in [4.78, 5) is 10.4. The highest BCUT2D eigenvalue weighted by molar-refractivity contribution is 4.59. The first-order valence-corrected chi connectivity index (χ1v) is 6.78. The Bertz CT molecular complexity index is 188. The molecule has 3 atom stereocenters. The van der Waals surface area contributed by atoms with Gasteiger partial charge >= 0.3 is 0 Å². The molecule has 3 unspecified atom stereocenters. The van der Waals surface area contributed by atoms with Gasteiger partial charge in [0.05, 0.1) is 19.3 Å². The van der Waals surface area contributed by atoms with Gasteiger partial charge in [0.1, 0.15) is 6.10 Å². The van der Waals surface area contributed by atoms with Gasteiger partial charge < -0.3 is 15.2 Å². The smallest absolute Gasteiger partial charge is 0.217 e. The van der Waals surface area contributed by atoms with Gasteiger partial charge in [-0.1, -0.05) is 13.3 Å². The fourth-order valence-corrected chi connectivity index (χ4v) is 1.18. The lowest BCUT2D eigenvalue weighted by atomic mass is 10.3. The average Bonchev–Trinajstić information content (AvgIpc) is 2.29. The average molecular weight is 263 g/mol. The third kappa shape index (κ3) is 9.79. The number of hydrogen-bond donors (Lipinski definition) is 1. The maximum Gasteiger partial charge on any atom is 0.217 e. The largest absolute Gasteiger partial charge is 0.372 e. The van der Waals surface area contributed by atoms with Crippen LogP contribution in [0.2, 0.25) is 0 Å². The quantitative estimate of drug-likeness (QED) is 0.268. The summed E-state index contributed by atoms with van der Waals surface area (Å²) in [6.07, 6.45) is 1.32. The fraction of sp³-hybridized carbons (Fsp3) is 1.00. The lowest BCUT2D eigenvalue weighted by Crippen LogP contribution is -2.36. The zero-order valence-electron chi connectivity index (χ0n) is 12.3. The molecule has 5 nitrogen and oxygen atoms in total. The summed E-state index contributed by atoms with van der Waals surface area (Å²) in [6.45, 7) is 10.8. The van der Waals surface area contributed by atoms with E-state index >= 15 is 0 Å². The predicted molar refractivity (Wildman–Crippen MR) is 71.0 cm³/mol. The van der Waals surface area contributed by atoms with Gasteiger partial charge in [0, 0.05) is 6.04 Å². The standard InChI is InChI=1S/C13H29NO4/c1-6-7-8-16-18-13(17-10(2)3)12(5)15-9-11(4)14/h10-13H,6-9,14H2,1-5H3. The molecule has 0 aliphatic heterocycles. The summed E-state index contributed by atoms with van der Waals surface area (Å²) in [5, 5.41) is 0. The fourth-order valence-electron chi connectivity index (χ4n) is 1.18. The second-order valence-corrected chi connectivity index (χ2v) is 4.84. The zero-order valence-corrected chi connectivity index (χ0v) is 12.3. The van der Waals surface area contributed by atoms with Crippen LogP contribution in [0, 0.1) is 0 Å². The van der Waals surface area contributed by atoms with Crippen molar-refractivity contribution in [2.45, 2.75) is 72.0 Å². The third-order valence-corrected chi connectivity index (χ3v) is 2.16. The highest BCUT2D eigenvalue weighted by Crippen LogP contribution is 2.10. The van der Waals surface area contributed by atoms with E-state index < -0.39 is 6.29 Å². The first-order valence-electron chi connectivity index (χ1n) is 6.78. The van der Waals surface area contributed by atoms with Gasteiger partial charge in [0.25, 0.3) is 0 Å². The highest BCUT2D eigenvalue weighted by atomic mass is 17.2. The van der Waals surface area contributed by atoms with Crippen LogP contribution < -0.4 is 5.73 Å². The van der Waals surface area contributed by atoms with Crippen LogP contribution in [-0.4, -0.2) is 37.8 Å². The molecule has 2 N–H and O–H groups in total. The van der Waals surface area contributed by atoms with Crippen LogP contribution >= 0.6 is 0 Å². The summed E-state index contributed by atoms with van der Waals surface area (Å²) in [5.41, 5.74) is 5.64. The van der Waals surface area contributed by atoms with Crippen molar-refractivity contribution < 1.29 is 19.2 Å². The molecular formula is C13H29NO4. The number of rotatable bonds is 11. The van der Waals surface area contributed by atoms with Crippen LogP contribution in [0.4, 0.5) is 0 Å². The van der Waals surface area contributed by atoms with Gasteiger partial charge in [-0.2, -0.15) is 0 Å². The molecule has 0 fully saturated rings. The maximum atomic E-state index is 5.64. The molecule has 110 valence electrons. The normalized spacial score (nSPS) is 16.8. The van der Waals surface area contributed by atoms with Crippen molar-refractivity contribution in [3.05, 3.63) is 0 Å². The Labute approximate surface area is 111 Å². The van der Waals surface area contributed by atoms with Gasteiger partial charge in [-0.3, -0.25) is 0 Å². The Hall–Kier alpha value is -0.200. The number of unbranched alkanes of at least 4 members (excludes halogenated alkanes) is 1. The van der Waals surface area contributed by atoms with Gasteiger partial charge in [-0.15, -0.1) is 0 Å². The third-order valence-electron chi connectivity index (χ3n) is 2.16. The Balaban J connectivity index is 4.02. The minimum absolute atomic E-state index is 0.00633. The molecule has 5 heteroatoms. The Morgan fingerprint density at radius 2 is 1.78 bits per heavy atom. The molecule has 0 radical (unpaired) electrons. The van der Waals surface area contributed by atoms with Crippen LogP contribution in [-0.2, 0) is 19.2 Å². The van der Waals surface area contributed by atoms with E-state index in [1.54, 1.807) is 0 Å². The van der Waals surface area contributed by atoms with E-state index in [4.69, 9.17) is 25.0 Å². The van der Waals surface area contributed by atoms with Crippen molar-refractivity contribution in [2.75, 3.05) is 13.2 Å². The van der Waals surface area contributed by atoms with Crippen molar-refractivity contribution in [3.63, 3.8) is 0 Å². The molecule has 0 aliphatic carbocycles. The molecule has 0 heterocycles. The predicted octanol–water partition coefficient (Wildman–Crippen LogP) is 2.24. The van der Waals surface area contributed by atoms with Gasteiger partial charge in [-0.25, -0.2) is 9.78 Å². The van der Waals surface area contributed by atoms with Crippen molar-refractivity contribution in [1.82, 2.24) is 0 Å². The number of nitrogens with two attached hydrogens (primary N) is 1. The first kappa shape index (κ1) is 17.8. The van der Waals surface area contributed by atoms with Gasteiger partial charge in [0.15, 0.2) is 0 Å². The summed E-state index contributed by atoms with van der Waals surface area (Å²) < 4.78 is 11.2. The van der Waals surface area contributed by atoms with E-state index in [1.807, 2.05) is 27.7 Å². The highest BCUT2D eigenvalue weighted by Gasteiger charge is 2.22. The van der Waals surface area contributed by atoms with E-state index in [0.29, 0.717) is 13.2 Å². The van der Waals surface area contributed by atoms with Crippen molar-refractivity contribution in [2.24, 2.45) is 5.73 Å². The topological polar surface area (TPSA) is 62.9 Å². The minimum atomic E-state index is -0.527. The number of ether oxygens (including phenoxy) is 2. The van der Waals surface area contributed by atoms with Crippen LogP contribution in [0.15, 0.2) is 0 Å². The van der Waals surface area contributed by atoms with Crippen LogP contribution in [0.5, 0.6) is 0 Å². The molecule has 0 rings (SSSR count). The molecule has 0 aromatic heterocycles. The lowest BCUT2D eigenvalue weighted by molar-refractivity contribution is -0.400. The SMILES string of the molecule is CCCCOOC(OC(C)C)C(C)OCC(C)N. The summed E-state index contributed by atoms with van der Waals surface area (Å²) >= 11 is 0. The van der Waals surface area contributed by atoms with Crippen molar-refractivity contribution >= 4 is 0 Å². The molecule has 0 saturated heterocycles. The summed E-state index contributed by atoms with van der Waals surface area (Å²) in [6, 6.07) is -0.00633. The molecule has 0 amide bonds. The molecule has 0 spiro atoms. The van der Waals surface area contributed by atoms with Gasteiger partial charge in [-0.05, 0) is 34.1 Å². The van der Waals surface area contributed by atoms with E-state index in [2.05, 4.69) is 6.92 Å². The zero-order chi connectivity index (χ0) is 14.0. The lowest BCUT2D eigenvalue weighted by Gasteiger charge is -2.25. The molecule has 0 aromatic rings. The van der Waals surface area contributed by atoms with E-state index in [-0.39, 0.29) is 18.2 Å². The Kier molecular flexibility index (Phi) is 10.6. The molecule has 0 aliphatic rings. The molecule has 0 bridgehead atoms. The van der Waals surface area contributed by atoms with Crippen molar-refractivity contribution in [3.8, 4) is 0 Å². The molecule has 0 saturated carbocycles. The Morgan fingerprint density at radius 3 is 2.28 bits per heavy atom. The van der Waals surface area contributed by atoms with Crippen LogP contribution in [0.3, 0.4) is 0 Å². The van der Waals surface area contributed by atoms with E-state index in [0.717, 1.165) is 12.8 Å². The second-order valence-electron chi connectivity index (χ2n) is 4.84. The second kappa shape index (κ2) is 10.7. The van der Waals surface area contributed by atoms with Crippen molar-refractivity contribution in [1.29, 1.82) is 0 Å². The number of hydrogen-bond acceptors (Lipinski definition) is 5. The van der Waals surface area contributed by atoms with Crippen LogP contribution in [0.25, 0.3) is 0 Å². The molecular weight excluding hydrogens is 234 g/mol. The molecule has 0 aromatic carbocycles.